The lowest BCUT2D eigenvalue weighted by Crippen LogP contribution is -2.41. The molecule has 3 nitrogen and oxygen atoms in total. The summed E-state index contributed by atoms with van der Waals surface area (Å²) in [4.78, 5) is 12.8. The largest absolute Gasteiger partial charge is 0.393 e. The number of thiocarbonyl (C=S) groups is 1. The topological polar surface area (TPSA) is 55.1 Å². The van der Waals surface area contributed by atoms with Gasteiger partial charge in [0.15, 0.2) is 0 Å². The molecule has 0 aliphatic rings. The maximum atomic E-state index is 11.7. The van der Waals surface area contributed by atoms with Crippen molar-refractivity contribution in [3.63, 3.8) is 0 Å². The third-order valence-electron chi connectivity index (χ3n) is 2.15. The van der Waals surface area contributed by atoms with Crippen LogP contribution in [0.2, 0.25) is 0 Å². The molecule has 0 saturated heterocycles. The van der Waals surface area contributed by atoms with E-state index < -0.39 is 0 Å². The molecule has 0 bridgehead atoms. The molecular formula is C10H13BrN2OS2. The van der Waals surface area contributed by atoms with Crippen molar-refractivity contribution in [1.29, 1.82) is 0 Å². The molecule has 0 atom stereocenters. The summed E-state index contributed by atoms with van der Waals surface area (Å²) < 4.78 is 0.936. The van der Waals surface area contributed by atoms with Gasteiger partial charge in [0.25, 0.3) is 5.91 Å². The second-order valence-corrected chi connectivity index (χ2v) is 6.94. The fraction of sp³-hybridized carbons (Fsp3) is 0.400. The molecule has 1 heterocycles. The summed E-state index contributed by atoms with van der Waals surface area (Å²) in [6, 6.07) is 3.62. The summed E-state index contributed by atoms with van der Waals surface area (Å²) >= 11 is 9.63. The lowest BCUT2D eigenvalue weighted by atomic mass is 9.94. The number of carbonyl (C=O) groups is 1. The van der Waals surface area contributed by atoms with E-state index in [0.29, 0.717) is 16.4 Å². The quantitative estimate of drug-likeness (QED) is 0.838. The van der Waals surface area contributed by atoms with Gasteiger partial charge in [0, 0.05) is 12.0 Å². The van der Waals surface area contributed by atoms with E-state index in [2.05, 4.69) is 21.2 Å². The van der Waals surface area contributed by atoms with Gasteiger partial charge in [-0.25, -0.2) is 0 Å². The summed E-state index contributed by atoms with van der Waals surface area (Å²) in [5, 5.41) is 2.82. The van der Waals surface area contributed by atoms with Crippen LogP contribution in [0.1, 0.15) is 23.5 Å². The van der Waals surface area contributed by atoms with Gasteiger partial charge in [0.2, 0.25) is 0 Å². The fourth-order valence-corrected chi connectivity index (χ4v) is 2.29. The van der Waals surface area contributed by atoms with E-state index in [1.807, 2.05) is 19.9 Å². The van der Waals surface area contributed by atoms with Crippen molar-refractivity contribution in [1.82, 2.24) is 5.32 Å². The molecule has 1 amide bonds. The summed E-state index contributed by atoms with van der Waals surface area (Å²) in [6.45, 7) is 4.25. The Morgan fingerprint density at radius 3 is 2.69 bits per heavy atom. The molecule has 0 fully saturated rings. The van der Waals surface area contributed by atoms with E-state index in [9.17, 15) is 4.79 Å². The number of nitrogens with two attached hydrogens (primary N) is 1. The van der Waals surface area contributed by atoms with Gasteiger partial charge in [-0.05, 0) is 28.1 Å². The van der Waals surface area contributed by atoms with Gasteiger partial charge in [-0.3, -0.25) is 4.79 Å². The maximum Gasteiger partial charge on any atom is 0.261 e. The minimum Gasteiger partial charge on any atom is -0.393 e. The highest BCUT2D eigenvalue weighted by atomic mass is 79.9. The molecule has 0 aromatic carbocycles. The smallest absolute Gasteiger partial charge is 0.261 e. The zero-order valence-electron chi connectivity index (χ0n) is 9.04. The maximum absolute atomic E-state index is 11.7. The zero-order valence-corrected chi connectivity index (χ0v) is 12.3. The minimum atomic E-state index is -0.362. The summed E-state index contributed by atoms with van der Waals surface area (Å²) in [6.07, 6.45) is 0. The Morgan fingerprint density at radius 2 is 2.25 bits per heavy atom. The van der Waals surface area contributed by atoms with Crippen LogP contribution in [0, 0.1) is 5.41 Å². The summed E-state index contributed by atoms with van der Waals surface area (Å²) in [5.41, 5.74) is 5.21. The molecule has 6 heteroatoms. The molecule has 1 aromatic heterocycles. The van der Waals surface area contributed by atoms with Crippen molar-refractivity contribution in [2.24, 2.45) is 11.1 Å². The number of carbonyl (C=O) groups excluding carboxylic acids is 1. The first-order valence-corrected chi connectivity index (χ1v) is 6.68. The highest BCUT2D eigenvalue weighted by Gasteiger charge is 2.22. The highest BCUT2D eigenvalue weighted by Crippen LogP contribution is 2.22. The fourth-order valence-electron chi connectivity index (χ4n) is 0.912. The molecule has 0 spiro atoms. The van der Waals surface area contributed by atoms with Crippen LogP contribution in [0.4, 0.5) is 0 Å². The van der Waals surface area contributed by atoms with Crippen LogP contribution in [-0.2, 0) is 0 Å². The molecular weight excluding hydrogens is 308 g/mol. The van der Waals surface area contributed by atoms with Crippen LogP contribution in [0.25, 0.3) is 0 Å². The first kappa shape index (κ1) is 13.6. The van der Waals surface area contributed by atoms with Gasteiger partial charge < -0.3 is 11.1 Å². The Hall–Kier alpha value is -0.460. The number of hydrogen-bond donors (Lipinski definition) is 2. The Balaban J connectivity index is 2.57. The molecule has 0 aliphatic heterocycles. The van der Waals surface area contributed by atoms with E-state index >= 15 is 0 Å². The second-order valence-electron chi connectivity index (χ2n) is 4.03. The number of hydrogen-bond acceptors (Lipinski definition) is 3. The third-order valence-corrected chi connectivity index (χ3v) is 4.33. The molecule has 3 N–H and O–H groups in total. The van der Waals surface area contributed by atoms with Crippen LogP contribution >= 0.6 is 39.5 Å². The van der Waals surface area contributed by atoms with Crippen molar-refractivity contribution >= 4 is 50.4 Å². The van der Waals surface area contributed by atoms with E-state index in [1.54, 1.807) is 6.07 Å². The normalized spacial score (nSPS) is 11.2. The number of rotatable bonds is 4. The van der Waals surface area contributed by atoms with Crippen LogP contribution in [-0.4, -0.2) is 17.4 Å². The average Bonchev–Trinajstić information content (AvgIpc) is 2.61. The van der Waals surface area contributed by atoms with E-state index in [1.165, 1.54) is 11.3 Å². The van der Waals surface area contributed by atoms with Crippen LogP contribution in [0.5, 0.6) is 0 Å². The van der Waals surface area contributed by atoms with Crippen molar-refractivity contribution in [3.8, 4) is 0 Å². The van der Waals surface area contributed by atoms with E-state index in [4.69, 9.17) is 18.0 Å². The average molecular weight is 321 g/mol. The number of amides is 1. The van der Waals surface area contributed by atoms with Crippen molar-refractivity contribution in [2.75, 3.05) is 6.54 Å². The number of thiophene rings is 1. The zero-order chi connectivity index (χ0) is 12.3. The lowest BCUT2D eigenvalue weighted by Gasteiger charge is -2.23. The summed E-state index contributed by atoms with van der Waals surface area (Å²) in [7, 11) is 0. The van der Waals surface area contributed by atoms with Gasteiger partial charge in [-0.1, -0.05) is 26.1 Å². The van der Waals surface area contributed by atoms with Crippen molar-refractivity contribution in [2.45, 2.75) is 13.8 Å². The molecule has 88 valence electrons. The number of nitrogens with one attached hydrogen (secondary N) is 1. The highest BCUT2D eigenvalue weighted by molar-refractivity contribution is 9.11. The van der Waals surface area contributed by atoms with Gasteiger partial charge in [-0.2, -0.15) is 0 Å². The SMILES string of the molecule is CC(C)(CNC(=O)c1ccc(Br)s1)C(N)=S. The second kappa shape index (κ2) is 5.25. The lowest BCUT2D eigenvalue weighted by molar-refractivity contribution is 0.0949. The minimum absolute atomic E-state index is 0.0972. The van der Waals surface area contributed by atoms with Crippen LogP contribution in [0.3, 0.4) is 0 Å². The Morgan fingerprint density at radius 1 is 1.62 bits per heavy atom. The predicted octanol–water partition coefficient (Wildman–Crippen LogP) is 2.55. The molecule has 1 aromatic rings. The Labute approximate surface area is 113 Å². The number of halogens is 1. The Bertz CT molecular complexity index is 415. The van der Waals surface area contributed by atoms with Crippen LogP contribution < -0.4 is 11.1 Å². The van der Waals surface area contributed by atoms with Gasteiger partial charge >= 0.3 is 0 Å². The summed E-state index contributed by atoms with van der Waals surface area (Å²) in [5.74, 6) is -0.0972. The molecule has 1 rings (SSSR count). The molecule has 16 heavy (non-hydrogen) atoms. The van der Waals surface area contributed by atoms with Gasteiger partial charge in [-0.15, -0.1) is 11.3 Å². The third kappa shape index (κ3) is 3.54. The standard InChI is InChI=1S/C10H13BrN2OS2/c1-10(2,9(12)15)5-13-8(14)6-3-4-7(11)16-6/h3-4H,5H2,1-2H3,(H2,12,15)(H,13,14). The van der Waals surface area contributed by atoms with E-state index in [0.717, 1.165) is 3.79 Å². The van der Waals surface area contributed by atoms with E-state index in [-0.39, 0.29) is 11.3 Å². The predicted molar refractivity (Wildman–Crippen MR) is 74.9 cm³/mol. The molecule has 0 saturated carbocycles. The first-order chi connectivity index (χ1) is 7.33. The van der Waals surface area contributed by atoms with Gasteiger partial charge in [0.1, 0.15) is 0 Å². The van der Waals surface area contributed by atoms with Crippen molar-refractivity contribution < 1.29 is 4.79 Å². The first-order valence-electron chi connectivity index (χ1n) is 4.66. The van der Waals surface area contributed by atoms with Crippen LogP contribution in [0.15, 0.2) is 15.9 Å². The molecule has 0 unspecified atom stereocenters. The van der Waals surface area contributed by atoms with Crippen molar-refractivity contribution in [3.05, 3.63) is 20.8 Å². The monoisotopic (exact) mass is 320 g/mol. The molecule has 0 radical (unpaired) electrons. The van der Waals surface area contributed by atoms with Gasteiger partial charge in [0.05, 0.1) is 13.7 Å². The molecule has 0 aliphatic carbocycles. The Kier molecular flexibility index (Phi) is 4.46.